The number of hydrogen-bond acceptors (Lipinski definition) is 16. The summed E-state index contributed by atoms with van der Waals surface area (Å²) < 4.78 is 43.3. The van der Waals surface area contributed by atoms with E-state index in [-0.39, 0.29) is 13.2 Å². The summed E-state index contributed by atoms with van der Waals surface area (Å²) in [5.41, 5.74) is -1.92. The maximum atomic E-state index is 11.9. The molecule has 16 heteroatoms. The third-order valence-corrected chi connectivity index (χ3v) is 7.63. The van der Waals surface area contributed by atoms with E-state index >= 15 is 0 Å². The largest absolute Gasteiger partial charge is 0.456 e. The van der Waals surface area contributed by atoms with Crippen molar-refractivity contribution in [2.75, 3.05) is 13.2 Å². The highest BCUT2D eigenvalue weighted by molar-refractivity contribution is 8.77. The Morgan fingerprint density at radius 3 is 1.00 bits per heavy atom. The predicted octanol–water partition coefficient (Wildman–Crippen LogP) is 0.671. The van der Waals surface area contributed by atoms with Crippen molar-refractivity contribution in [3.63, 3.8) is 0 Å². The van der Waals surface area contributed by atoms with Crippen molar-refractivity contribution in [1.82, 2.24) is 0 Å². The van der Waals surface area contributed by atoms with Gasteiger partial charge in [0.1, 0.15) is 0 Å². The molecule has 2 fully saturated rings. The summed E-state index contributed by atoms with van der Waals surface area (Å²) in [6.07, 6.45) is -6.82. The van der Waals surface area contributed by atoms with Crippen molar-refractivity contribution in [3.8, 4) is 0 Å². The summed E-state index contributed by atoms with van der Waals surface area (Å²) in [5, 5.41) is 0. The molecule has 0 spiro atoms. The van der Waals surface area contributed by atoms with Gasteiger partial charge >= 0.3 is 35.8 Å². The molecule has 0 aromatic heterocycles. The van der Waals surface area contributed by atoms with E-state index in [2.05, 4.69) is 0 Å². The molecule has 214 valence electrons. The Balaban J connectivity index is 2.27. The highest BCUT2D eigenvalue weighted by Crippen LogP contribution is 2.43. The van der Waals surface area contributed by atoms with Gasteiger partial charge in [0.2, 0.25) is 0 Å². The van der Waals surface area contributed by atoms with Gasteiger partial charge in [-0.3, -0.25) is 28.8 Å². The molecule has 0 aromatic carbocycles. The number of carbonyl (C=O) groups excluding carboxylic acids is 6. The number of esters is 6. The molecule has 2 heterocycles. The van der Waals surface area contributed by atoms with Gasteiger partial charge in [0, 0.05) is 41.5 Å². The minimum atomic E-state index is -1.19. The van der Waals surface area contributed by atoms with E-state index in [0.717, 1.165) is 49.3 Å². The van der Waals surface area contributed by atoms with Crippen LogP contribution in [-0.4, -0.2) is 96.5 Å². The number of ether oxygens (including phenoxy) is 8. The maximum Gasteiger partial charge on any atom is 0.303 e. The third-order valence-electron chi connectivity index (χ3n) is 4.85. The fourth-order valence-corrected chi connectivity index (χ4v) is 6.47. The Labute approximate surface area is 226 Å². The van der Waals surface area contributed by atoms with Crippen LogP contribution in [0.15, 0.2) is 0 Å². The minimum Gasteiger partial charge on any atom is -0.456 e. The second-order valence-electron chi connectivity index (χ2n) is 8.19. The molecule has 2 aliphatic rings. The van der Waals surface area contributed by atoms with Crippen molar-refractivity contribution in [1.29, 1.82) is 0 Å². The van der Waals surface area contributed by atoms with Gasteiger partial charge in [-0.25, -0.2) is 0 Å². The molecule has 0 unspecified atom stereocenters. The molecule has 0 saturated carbocycles. The zero-order chi connectivity index (χ0) is 28.6. The summed E-state index contributed by atoms with van der Waals surface area (Å²) in [6.45, 7) is 6.56. The first-order valence-electron chi connectivity index (χ1n) is 11.4. The molecule has 38 heavy (non-hydrogen) atoms. The lowest BCUT2D eigenvalue weighted by Crippen LogP contribution is -2.57. The predicted molar refractivity (Wildman–Crippen MR) is 128 cm³/mol. The standard InChI is InChI=1S/C22H30O14S2/c1-9(23)31-15-7-29-21(19(35-13(5)27)17(15)33-11(3)25)37-38-22-20(36-14(6)28)18(34-12(4)26)16(8-30-22)32-10(2)24/h15-22H,7-8H2,1-6H3/t15-,16-,17+,18+,19-,20-,21+,22+/m1/s1. The fourth-order valence-electron chi connectivity index (χ4n) is 3.69. The molecule has 0 radical (unpaired) electrons. The van der Waals surface area contributed by atoms with Gasteiger partial charge < -0.3 is 37.9 Å². The monoisotopic (exact) mass is 582 g/mol. The van der Waals surface area contributed by atoms with Crippen molar-refractivity contribution in [2.45, 2.75) is 89.0 Å². The van der Waals surface area contributed by atoms with Crippen LogP contribution in [-0.2, 0) is 66.7 Å². The van der Waals surface area contributed by atoms with Crippen LogP contribution >= 0.6 is 21.6 Å². The van der Waals surface area contributed by atoms with Crippen LogP contribution < -0.4 is 0 Å². The molecule has 2 rings (SSSR count). The minimum absolute atomic E-state index is 0.184. The van der Waals surface area contributed by atoms with Crippen LogP contribution in [0.5, 0.6) is 0 Å². The summed E-state index contributed by atoms with van der Waals surface area (Å²) >= 11 is 0. The Kier molecular flexibility index (Phi) is 12.1. The second kappa shape index (κ2) is 14.6. The van der Waals surface area contributed by atoms with Crippen LogP contribution in [0.4, 0.5) is 0 Å². The smallest absolute Gasteiger partial charge is 0.303 e. The fraction of sp³-hybridized carbons (Fsp3) is 0.727. The second-order valence-corrected chi connectivity index (χ2v) is 10.7. The molecule has 2 aliphatic heterocycles. The molecule has 8 atom stereocenters. The molecular formula is C22H30O14S2. The normalized spacial score (nSPS) is 30.8. The molecule has 0 aromatic rings. The van der Waals surface area contributed by atoms with E-state index in [1.54, 1.807) is 0 Å². The number of rotatable bonds is 9. The van der Waals surface area contributed by atoms with Crippen molar-refractivity contribution in [3.05, 3.63) is 0 Å². The van der Waals surface area contributed by atoms with Crippen LogP contribution in [0.2, 0.25) is 0 Å². The molecule has 0 amide bonds. The van der Waals surface area contributed by atoms with Crippen LogP contribution in [0.1, 0.15) is 41.5 Å². The average molecular weight is 583 g/mol. The van der Waals surface area contributed by atoms with E-state index in [1.165, 1.54) is 13.8 Å². The van der Waals surface area contributed by atoms with Crippen LogP contribution in [0.3, 0.4) is 0 Å². The first kappa shape index (κ1) is 31.7. The van der Waals surface area contributed by atoms with Gasteiger partial charge in [0.15, 0.2) is 47.5 Å². The van der Waals surface area contributed by atoms with E-state index in [4.69, 9.17) is 37.9 Å². The number of hydrogen-bond donors (Lipinski definition) is 0. The summed E-state index contributed by atoms with van der Waals surface area (Å²) in [5.74, 6) is -4.13. The molecular weight excluding hydrogens is 552 g/mol. The van der Waals surface area contributed by atoms with Crippen molar-refractivity contribution < 1.29 is 66.7 Å². The summed E-state index contributed by atoms with van der Waals surface area (Å²) in [6, 6.07) is 0. The SMILES string of the molecule is CC(=O)O[C@@H]1[C@@H](OC(C)=O)[C@H](SS[C@@H]2OC[C@@H](OC(C)=O)[C@H](OC(C)=O)[C@H]2OC(C)=O)OC[C@H]1OC(C)=O. The zero-order valence-corrected chi connectivity index (χ0v) is 23.2. The van der Waals surface area contributed by atoms with Gasteiger partial charge in [0.05, 0.1) is 13.2 Å². The van der Waals surface area contributed by atoms with Crippen molar-refractivity contribution >= 4 is 57.4 Å². The van der Waals surface area contributed by atoms with Gasteiger partial charge in [-0.2, -0.15) is 0 Å². The molecule has 14 nitrogen and oxygen atoms in total. The van der Waals surface area contributed by atoms with Gasteiger partial charge in [0.25, 0.3) is 0 Å². The van der Waals surface area contributed by atoms with Crippen molar-refractivity contribution in [2.24, 2.45) is 0 Å². The Bertz CT molecular complexity index is 838. The molecule has 0 bridgehead atoms. The van der Waals surface area contributed by atoms with E-state index < -0.39 is 83.3 Å². The number of carbonyl (C=O) groups is 6. The lowest BCUT2D eigenvalue weighted by atomic mass is 10.1. The lowest BCUT2D eigenvalue weighted by Gasteiger charge is -2.42. The Morgan fingerprint density at radius 1 is 0.474 bits per heavy atom. The first-order valence-corrected chi connectivity index (χ1v) is 13.6. The first-order chi connectivity index (χ1) is 17.8. The Morgan fingerprint density at radius 2 is 0.737 bits per heavy atom. The summed E-state index contributed by atoms with van der Waals surface area (Å²) in [7, 11) is 1.99. The quantitative estimate of drug-likeness (QED) is 0.210. The van der Waals surface area contributed by atoms with E-state index in [1.807, 2.05) is 0 Å². The Hall–Kier alpha value is -2.56. The van der Waals surface area contributed by atoms with E-state index in [9.17, 15) is 28.8 Å². The molecule has 0 N–H and O–H groups in total. The topological polar surface area (TPSA) is 176 Å². The van der Waals surface area contributed by atoms with Gasteiger partial charge in [-0.05, 0) is 0 Å². The van der Waals surface area contributed by atoms with Gasteiger partial charge in [-0.1, -0.05) is 21.6 Å². The highest BCUT2D eigenvalue weighted by atomic mass is 33.1. The van der Waals surface area contributed by atoms with Gasteiger partial charge in [-0.15, -0.1) is 0 Å². The highest BCUT2D eigenvalue weighted by Gasteiger charge is 2.50. The average Bonchev–Trinajstić information content (AvgIpc) is 2.76. The summed E-state index contributed by atoms with van der Waals surface area (Å²) in [4.78, 5) is 70.3. The van der Waals surface area contributed by atoms with E-state index in [0.29, 0.717) is 0 Å². The van der Waals surface area contributed by atoms with Crippen LogP contribution in [0.25, 0.3) is 0 Å². The molecule has 2 saturated heterocycles. The molecule has 0 aliphatic carbocycles. The maximum absolute atomic E-state index is 11.9. The lowest BCUT2D eigenvalue weighted by molar-refractivity contribution is -0.213. The van der Waals surface area contributed by atoms with Crippen LogP contribution in [0, 0.1) is 0 Å². The zero-order valence-electron chi connectivity index (χ0n) is 21.6. The third kappa shape index (κ3) is 9.63.